The van der Waals surface area contributed by atoms with Gasteiger partial charge in [-0.1, -0.05) is 25.5 Å². The molecule has 8 heteroatoms. The molecule has 0 unspecified atom stereocenters. The van der Waals surface area contributed by atoms with E-state index in [0.29, 0.717) is 18.7 Å². The van der Waals surface area contributed by atoms with Crippen molar-refractivity contribution in [1.29, 1.82) is 5.26 Å². The molecule has 0 radical (unpaired) electrons. The minimum absolute atomic E-state index is 0.0284. The number of amides is 1. The number of hydrogen-bond acceptors (Lipinski definition) is 6. The third-order valence-corrected chi connectivity index (χ3v) is 3.65. The van der Waals surface area contributed by atoms with Gasteiger partial charge in [0.25, 0.3) is 11.5 Å². The van der Waals surface area contributed by atoms with Crippen molar-refractivity contribution >= 4 is 17.6 Å². The van der Waals surface area contributed by atoms with Gasteiger partial charge in [-0.25, -0.2) is 9.48 Å². The Hall–Kier alpha value is -3.47. The first-order valence-electron chi connectivity index (χ1n) is 8.54. The lowest BCUT2D eigenvalue weighted by Crippen LogP contribution is -2.26. The van der Waals surface area contributed by atoms with Gasteiger partial charge in [0, 0.05) is 18.3 Å². The largest absolute Gasteiger partial charge is 0.451 e. The molecule has 0 bridgehead atoms. The number of benzene rings is 1. The van der Waals surface area contributed by atoms with E-state index in [2.05, 4.69) is 10.4 Å². The van der Waals surface area contributed by atoms with Gasteiger partial charge in [-0.2, -0.15) is 10.4 Å². The minimum atomic E-state index is -0.778. The molecule has 8 nitrogen and oxygen atoms in total. The van der Waals surface area contributed by atoms with Crippen LogP contribution in [0.3, 0.4) is 0 Å². The number of rotatable bonds is 8. The van der Waals surface area contributed by atoms with Crippen LogP contribution in [-0.2, 0) is 22.5 Å². The summed E-state index contributed by atoms with van der Waals surface area (Å²) >= 11 is 0. The number of nitrogens with one attached hydrogen (secondary N) is 1. The summed E-state index contributed by atoms with van der Waals surface area (Å²) in [7, 11) is 0. The van der Waals surface area contributed by atoms with Gasteiger partial charge in [0.2, 0.25) is 0 Å². The van der Waals surface area contributed by atoms with Crippen molar-refractivity contribution in [1.82, 2.24) is 9.78 Å². The second-order valence-corrected chi connectivity index (χ2v) is 5.79. The first-order chi connectivity index (χ1) is 13.0. The Morgan fingerprint density at radius 1 is 1.22 bits per heavy atom. The Labute approximate surface area is 156 Å². The average Bonchev–Trinajstić information content (AvgIpc) is 2.67. The number of aromatic nitrogens is 2. The maximum atomic E-state index is 12.0. The number of nitrogens with zero attached hydrogens (tertiary/aromatic N) is 3. The molecule has 2 aromatic rings. The van der Waals surface area contributed by atoms with Crippen molar-refractivity contribution in [2.24, 2.45) is 0 Å². The smallest absolute Gasteiger partial charge is 0.359 e. The highest BCUT2D eigenvalue weighted by Crippen LogP contribution is 2.10. The van der Waals surface area contributed by atoms with E-state index in [1.807, 2.05) is 13.0 Å². The molecule has 27 heavy (non-hydrogen) atoms. The fourth-order valence-electron chi connectivity index (χ4n) is 2.23. The molecule has 1 N–H and O–H groups in total. The molecule has 1 amide bonds. The molecule has 1 aromatic heterocycles. The quantitative estimate of drug-likeness (QED) is 0.712. The Balaban J connectivity index is 1.90. The van der Waals surface area contributed by atoms with E-state index in [1.165, 1.54) is 16.8 Å². The van der Waals surface area contributed by atoms with Crippen LogP contribution in [0.5, 0.6) is 0 Å². The maximum Gasteiger partial charge on any atom is 0.359 e. The molecule has 0 aliphatic heterocycles. The molecule has 1 heterocycles. The van der Waals surface area contributed by atoms with Gasteiger partial charge in [0.1, 0.15) is 0 Å². The van der Waals surface area contributed by atoms with Gasteiger partial charge in [-0.15, -0.1) is 0 Å². The van der Waals surface area contributed by atoms with Gasteiger partial charge in [-0.3, -0.25) is 9.59 Å². The normalized spacial score (nSPS) is 10.1. The summed E-state index contributed by atoms with van der Waals surface area (Å²) in [5.74, 6) is -1.28. The van der Waals surface area contributed by atoms with Gasteiger partial charge < -0.3 is 10.1 Å². The van der Waals surface area contributed by atoms with Crippen LogP contribution in [0.1, 0.15) is 35.8 Å². The second kappa shape index (κ2) is 9.87. The fourth-order valence-corrected chi connectivity index (χ4v) is 2.23. The summed E-state index contributed by atoms with van der Waals surface area (Å²) in [4.78, 5) is 35.7. The summed E-state index contributed by atoms with van der Waals surface area (Å²) in [6, 6.07) is 11.4. The van der Waals surface area contributed by atoms with Crippen molar-refractivity contribution in [2.45, 2.75) is 32.7 Å². The lowest BCUT2D eigenvalue weighted by Gasteiger charge is -2.08. The number of anilines is 1. The van der Waals surface area contributed by atoms with E-state index >= 15 is 0 Å². The first-order valence-corrected chi connectivity index (χ1v) is 8.54. The predicted octanol–water partition coefficient (Wildman–Crippen LogP) is 1.90. The molecule has 140 valence electrons. The molecular weight excluding hydrogens is 348 g/mol. The van der Waals surface area contributed by atoms with Crippen molar-refractivity contribution in [2.75, 3.05) is 11.9 Å². The van der Waals surface area contributed by atoms with Crippen LogP contribution in [-0.4, -0.2) is 28.3 Å². The van der Waals surface area contributed by atoms with E-state index in [-0.39, 0.29) is 11.3 Å². The monoisotopic (exact) mass is 368 g/mol. The van der Waals surface area contributed by atoms with E-state index in [1.54, 1.807) is 24.3 Å². The standard InChI is InChI=1S/C19H20N4O4/c1-2-3-12-23-18(25)9-8-16(22-23)19(26)27-13-17(24)21-15-6-4-14(5-7-15)10-11-20/h4-9H,2-3,10,12-13H2,1H3,(H,21,24). The number of esters is 1. The van der Waals surface area contributed by atoms with Gasteiger partial charge in [0.15, 0.2) is 12.3 Å². The third-order valence-electron chi connectivity index (χ3n) is 3.65. The minimum Gasteiger partial charge on any atom is -0.451 e. The molecule has 0 atom stereocenters. The van der Waals surface area contributed by atoms with Crippen molar-refractivity contribution in [3.05, 3.63) is 58.0 Å². The average molecular weight is 368 g/mol. The zero-order chi connectivity index (χ0) is 19.6. The highest BCUT2D eigenvalue weighted by Gasteiger charge is 2.13. The van der Waals surface area contributed by atoms with E-state index in [9.17, 15) is 14.4 Å². The lowest BCUT2D eigenvalue weighted by molar-refractivity contribution is -0.119. The van der Waals surface area contributed by atoms with Crippen molar-refractivity contribution < 1.29 is 14.3 Å². The SMILES string of the molecule is CCCCn1nc(C(=O)OCC(=O)Nc2ccc(CC#N)cc2)ccc1=O. The number of hydrogen-bond donors (Lipinski definition) is 1. The topological polar surface area (TPSA) is 114 Å². The van der Waals surface area contributed by atoms with E-state index in [4.69, 9.17) is 10.00 Å². The summed E-state index contributed by atoms with van der Waals surface area (Å²) in [6.45, 7) is 1.92. The molecule has 0 saturated carbocycles. The molecule has 2 rings (SSSR count). The summed E-state index contributed by atoms with van der Waals surface area (Å²) in [6.07, 6.45) is 1.95. The molecular formula is C19H20N4O4. The van der Waals surface area contributed by atoms with E-state index in [0.717, 1.165) is 18.4 Å². The van der Waals surface area contributed by atoms with Crippen LogP contribution >= 0.6 is 0 Å². The summed E-state index contributed by atoms with van der Waals surface area (Å²) in [5.41, 5.74) is 1.05. The van der Waals surface area contributed by atoms with E-state index < -0.39 is 18.5 Å². The molecule has 0 saturated heterocycles. The zero-order valence-corrected chi connectivity index (χ0v) is 15.0. The van der Waals surface area contributed by atoms with Crippen LogP contribution in [0, 0.1) is 11.3 Å². The molecule has 0 spiro atoms. The Kier molecular flexibility index (Phi) is 7.26. The highest BCUT2D eigenvalue weighted by molar-refractivity contribution is 5.94. The number of carbonyl (C=O) groups excluding carboxylic acids is 2. The van der Waals surface area contributed by atoms with Gasteiger partial charge >= 0.3 is 5.97 Å². The zero-order valence-electron chi connectivity index (χ0n) is 15.0. The Bertz CT molecular complexity index is 897. The summed E-state index contributed by atoms with van der Waals surface area (Å²) in [5, 5.41) is 15.2. The molecule has 0 fully saturated rings. The van der Waals surface area contributed by atoms with Crippen molar-refractivity contribution in [3.63, 3.8) is 0 Å². The van der Waals surface area contributed by atoms with Crippen LogP contribution in [0.4, 0.5) is 5.69 Å². The van der Waals surface area contributed by atoms with Gasteiger partial charge in [0.05, 0.1) is 12.5 Å². The lowest BCUT2D eigenvalue weighted by atomic mass is 10.1. The number of ether oxygens (including phenoxy) is 1. The number of nitriles is 1. The maximum absolute atomic E-state index is 12.0. The Morgan fingerprint density at radius 3 is 2.63 bits per heavy atom. The van der Waals surface area contributed by atoms with Crippen LogP contribution in [0.2, 0.25) is 0 Å². The van der Waals surface area contributed by atoms with Crippen LogP contribution < -0.4 is 10.9 Å². The Morgan fingerprint density at radius 2 is 1.96 bits per heavy atom. The first kappa shape index (κ1) is 19.8. The van der Waals surface area contributed by atoms with Crippen LogP contribution in [0.25, 0.3) is 0 Å². The molecule has 0 aliphatic carbocycles. The van der Waals surface area contributed by atoms with Gasteiger partial charge in [-0.05, 0) is 30.2 Å². The second-order valence-electron chi connectivity index (χ2n) is 5.79. The highest BCUT2D eigenvalue weighted by atomic mass is 16.5. The number of aryl methyl sites for hydroxylation is 1. The predicted molar refractivity (Wildman–Crippen MR) is 98.1 cm³/mol. The number of unbranched alkanes of at least 4 members (excludes halogenated alkanes) is 1. The molecule has 1 aromatic carbocycles. The van der Waals surface area contributed by atoms with Crippen molar-refractivity contribution in [3.8, 4) is 6.07 Å². The third kappa shape index (κ3) is 6.08. The number of carbonyl (C=O) groups is 2. The van der Waals surface area contributed by atoms with Crippen LogP contribution in [0.15, 0.2) is 41.2 Å². The molecule has 0 aliphatic rings. The fraction of sp³-hybridized carbons (Fsp3) is 0.316. The summed E-state index contributed by atoms with van der Waals surface area (Å²) < 4.78 is 6.16.